The van der Waals surface area contributed by atoms with Crippen molar-refractivity contribution in [2.24, 2.45) is 0 Å². The molecule has 2 atom stereocenters. The lowest BCUT2D eigenvalue weighted by Crippen LogP contribution is -2.36. The van der Waals surface area contributed by atoms with Gasteiger partial charge in [0.15, 0.2) is 0 Å². The quantitative estimate of drug-likeness (QED) is 0.177. The van der Waals surface area contributed by atoms with Crippen molar-refractivity contribution in [3.05, 3.63) is 83.6 Å². The third-order valence-corrected chi connectivity index (χ3v) is 8.04. The molecule has 0 bridgehead atoms. The monoisotopic (exact) mass is 634 g/mol. The molecule has 2 aromatic carbocycles. The second-order valence-electron chi connectivity index (χ2n) is 14.3. The summed E-state index contributed by atoms with van der Waals surface area (Å²) in [6.07, 6.45) is 3.49. The van der Waals surface area contributed by atoms with E-state index in [0.717, 1.165) is 57.7 Å². The van der Waals surface area contributed by atoms with Crippen LogP contribution in [0, 0.1) is 11.8 Å². The number of H-pyrrole nitrogens is 2. The number of nitrogens with one attached hydrogen (secondary N) is 2. The third-order valence-electron chi connectivity index (χ3n) is 8.04. The molecule has 2 saturated heterocycles. The van der Waals surface area contributed by atoms with Gasteiger partial charge in [-0.05, 0) is 96.7 Å². The van der Waals surface area contributed by atoms with Crippen LogP contribution in [0.1, 0.15) is 95.7 Å². The lowest BCUT2D eigenvalue weighted by atomic mass is 10.1. The summed E-state index contributed by atoms with van der Waals surface area (Å²) in [5.74, 6) is 7.98. The first-order valence-corrected chi connectivity index (χ1v) is 16.1. The van der Waals surface area contributed by atoms with Crippen LogP contribution in [-0.2, 0) is 9.47 Å². The lowest BCUT2D eigenvalue weighted by molar-refractivity contribution is 0.0210. The number of hydrogen-bond acceptors (Lipinski definition) is 6. The van der Waals surface area contributed by atoms with E-state index in [9.17, 15) is 9.59 Å². The molecule has 2 aromatic heterocycles. The van der Waals surface area contributed by atoms with Crippen LogP contribution in [0.15, 0.2) is 60.8 Å². The number of rotatable bonds is 3. The average molecular weight is 635 g/mol. The van der Waals surface area contributed by atoms with E-state index in [2.05, 4.69) is 33.4 Å². The molecular weight excluding hydrogens is 592 g/mol. The van der Waals surface area contributed by atoms with E-state index in [4.69, 9.17) is 14.5 Å². The Morgan fingerprint density at radius 2 is 1.53 bits per heavy atom. The molecule has 0 saturated carbocycles. The predicted octanol–water partition coefficient (Wildman–Crippen LogP) is 7.66. The zero-order chi connectivity index (χ0) is 33.5. The van der Waals surface area contributed by atoms with Gasteiger partial charge in [0.05, 0.1) is 35.0 Å². The van der Waals surface area contributed by atoms with Crippen molar-refractivity contribution < 1.29 is 19.1 Å². The van der Waals surface area contributed by atoms with Gasteiger partial charge >= 0.3 is 12.2 Å². The summed E-state index contributed by atoms with van der Waals surface area (Å²) in [5, 5.41) is 0. The summed E-state index contributed by atoms with van der Waals surface area (Å²) in [7, 11) is 0. The fourth-order valence-corrected chi connectivity index (χ4v) is 5.94. The van der Waals surface area contributed by atoms with Gasteiger partial charge in [-0.1, -0.05) is 36.1 Å². The first-order chi connectivity index (χ1) is 22.2. The number of ether oxygens (including phenoxy) is 2. The minimum Gasteiger partial charge on any atom is -0.444 e. The van der Waals surface area contributed by atoms with Crippen LogP contribution in [0.3, 0.4) is 0 Å². The van der Waals surface area contributed by atoms with E-state index in [-0.39, 0.29) is 24.3 Å². The average Bonchev–Trinajstić information content (AvgIpc) is 3.79. The van der Waals surface area contributed by atoms with Crippen LogP contribution in [0.4, 0.5) is 9.59 Å². The zero-order valence-corrected chi connectivity index (χ0v) is 27.9. The maximum atomic E-state index is 12.8. The summed E-state index contributed by atoms with van der Waals surface area (Å²) in [6.45, 7) is 16.4. The number of fused-ring (bicyclic) bond motifs is 1. The van der Waals surface area contributed by atoms with Crippen LogP contribution in [-0.4, -0.2) is 66.2 Å². The van der Waals surface area contributed by atoms with Crippen molar-refractivity contribution in [3.8, 4) is 23.1 Å². The largest absolute Gasteiger partial charge is 0.444 e. The minimum atomic E-state index is -0.581. The Morgan fingerprint density at radius 3 is 2.23 bits per heavy atom. The summed E-state index contributed by atoms with van der Waals surface area (Å²) >= 11 is 0. The number of nitrogens with zero attached hydrogens (tertiary/aromatic N) is 4. The Hall–Kier alpha value is -5.04. The van der Waals surface area contributed by atoms with E-state index < -0.39 is 11.2 Å². The van der Waals surface area contributed by atoms with Gasteiger partial charge in [0, 0.05) is 24.2 Å². The van der Waals surface area contributed by atoms with Crippen LogP contribution in [0.2, 0.25) is 0 Å². The Balaban J connectivity index is 1.13. The SMILES string of the molecule is C=C1C[C@@H](c2ncc(-c3ccc(C#Cc4ccc5nc([C@@H]6CCCN6C(=O)OC(C)(C)C)[nH]c5c4)cc3)[nH]2)N(C(=O)OC(C)(C)C)C1. The molecule has 0 spiro atoms. The molecule has 0 radical (unpaired) electrons. The molecule has 6 rings (SSSR count). The molecule has 2 fully saturated rings. The van der Waals surface area contributed by atoms with Gasteiger partial charge in [-0.3, -0.25) is 9.80 Å². The normalized spacial score (nSPS) is 18.4. The van der Waals surface area contributed by atoms with Crippen molar-refractivity contribution in [3.63, 3.8) is 0 Å². The highest BCUT2D eigenvalue weighted by atomic mass is 16.6. The topological polar surface area (TPSA) is 116 Å². The smallest absolute Gasteiger partial charge is 0.411 e. The van der Waals surface area contributed by atoms with Gasteiger partial charge in [0.1, 0.15) is 22.9 Å². The number of benzene rings is 2. The second-order valence-corrected chi connectivity index (χ2v) is 14.3. The Bertz CT molecular complexity index is 1880. The van der Waals surface area contributed by atoms with Gasteiger partial charge in [-0.25, -0.2) is 19.6 Å². The van der Waals surface area contributed by atoms with Gasteiger partial charge < -0.3 is 19.4 Å². The summed E-state index contributed by atoms with van der Waals surface area (Å²) < 4.78 is 11.2. The summed E-state index contributed by atoms with van der Waals surface area (Å²) in [4.78, 5) is 45.3. The van der Waals surface area contributed by atoms with E-state index in [1.54, 1.807) is 16.0 Å². The van der Waals surface area contributed by atoms with Crippen molar-refractivity contribution in [1.29, 1.82) is 0 Å². The molecule has 244 valence electrons. The van der Waals surface area contributed by atoms with Gasteiger partial charge in [-0.2, -0.15) is 0 Å². The molecule has 0 unspecified atom stereocenters. The molecule has 10 heteroatoms. The number of carbonyl (C=O) groups is 2. The molecule has 4 heterocycles. The van der Waals surface area contributed by atoms with Gasteiger partial charge in [-0.15, -0.1) is 0 Å². The highest BCUT2D eigenvalue weighted by molar-refractivity contribution is 5.77. The lowest BCUT2D eigenvalue weighted by Gasteiger charge is -2.27. The van der Waals surface area contributed by atoms with Crippen LogP contribution in [0.5, 0.6) is 0 Å². The number of likely N-dealkylation sites (tertiary alicyclic amines) is 2. The first kappa shape index (κ1) is 31.9. The molecule has 47 heavy (non-hydrogen) atoms. The minimum absolute atomic E-state index is 0.141. The fraction of sp³-hybridized carbons (Fsp3) is 0.405. The van der Waals surface area contributed by atoms with Crippen molar-refractivity contribution in [2.45, 2.75) is 84.1 Å². The number of aromatic nitrogens is 4. The molecule has 10 nitrogen and oxygen atoms in total. The Labute approximate surface area is 275 Å². The number of imidazole rings is 2. The van der Waals surface area contributed by atoms with Crippen molar-refractivity contribution in [1.82, 2.24) is 29.7 Å². The highest BCUT2D eigenvalue weighted by Crippen LogP contribution is 2.35. The van der Waals surface area contributed by atoms with Crippen molar-refractivity contribution in [2.75, 3.05) is 13.1 Å². The fourth-order valence-electron chi connectivity index (χ4n) is 5.94. The zero-order valence-electron chi connectivity index (χ0n) is 27.9. The highest BCUT2D eigenvalue weighted by Gasteiger charge is 2.37. The van der Waals surface area contributed by atoms with Crippen molar-refractivity contribution >= 4 is 23.2 Å². The third kappa shape index (κ3) is 7.35. The Kier molecular flexibility index (Phi) is 8.35. The van der Waals surface area contributed by atoms with Crippen LogP contribution >= 0.6 is 0 Å². The standard InChI is InChI=1S/C37H42N6O4/c1-23-19-31(43(22-23)35(45)47-37(5,6)7)32-38-21-29(41-32)26-15-12-24(13-16-26)10-11-25-14-17-27-28(20-25)40-33(39-27)30-9-8-18-42(30)34(44)46-36(2,3)4/h12-17,20-21,30-31H,1,8-9,18-19,22H2,2-7H3,(H,38,41)(H,39,40)/t30-,31-/m0/s1. The summed E-state index contributed by atoms with van der Waals surface area (Å²) in [5.41, 5.74) is 5.11. The first-order valence-electron chi connectivity index (χ1n) is 16.1. The van der Waals surface area contributed by atoms with E-state index in [1.807, 2.05) is 84.0 Å². The van der Waals surface area contributed by atoms with Gasteiger partial charge in [0.2, 0.25) is 0 Å². The Morgan fingerprint density at radius 1 is 0.872 bits per heavy atom. The molecule has 2 N–H and O–H groups in total. The van der Waals surface area contributed by atoms with E-state index in [1.165, 1.54) is 0 Å². The number of amides is 2. The molecule has 2 aliphatic heterocycles. The molecular formula is C37H42N6O4. The maximum Gasteiger partial charge on any atom is 0.411 e. The van der Waals surface area contributed by atoms with Crippen LogP contribution < -0.4 is 0 Å². The van der Waals surface area contributed by atoms with E-state index >= 15 is 0 Å². The van der Waals surface area contributed by atoms with E-state index in [0.29, 0.717) is 25.3 Å². The van der Waals surface area contributed by atoms with Gasteiger partial charge in [0.25, 0.3) is 0 Å². The molecule has 4 aromatic rings. The molecule has 2 aliphatic rings. The second kappa shape index (κ2) is 12.3. The molecule has 0 aliphatic carbocycles. The summed E-state index contributed by atoms with van der Waals surface area (Å²) in [6, 6.07) is 13.5. The number of carbonyl (C=O) groups excluding carboxylic acids is 2. The number of hydrogen-bond donors (Lipinski definition) is 2. The predicted molar refractivity (Wildman–Crippen MR) is 180 cm³/mol. The number of aromatic amines is 2. The van der Waals surface area contributed by atoms with Crippen LogP contribution in [0.25, 0.3) is 22.3 Å². The molecule has 2 amide bonds. The maximum absolute atomic E-state index is 12.8.